The third-order valence-electron chi connectivity index (χ3n) is 4.65. The van der Waals surface area contributed by atoms with Crippen LogP contribution in [0.1, 0.15) is 12.5 Å². The Morgan fingerprint density at radius 3 is 2.35 bits per heavy atom. The fourth-order valence-corrected chi connectivity index (χ4v) is 3.08. The number of para-hydroxylation sites is 1. The molecule has 1 amide bonds. The van der Waals surface area contributed by atoms with E-state index in [9.17, 15) is 4.79 Å². The molecule has 138 valence electrons. The summed E-state index contributed by atoms with van der Waals surface area (Å²) in [6, 6.07) is 17.5. The lowest BCUT2D eigenvalue weighted by Gasteiger charge is -2.33. The van der Waals surface area contributed by atoms with Crippen molar-refractivity contribution in [2.45, 2.75) is 19.5 Å². The van der Waals surface area contributed by atoms with Gasteiger partial charge in [-0.2, -0.15) is 0 Å². The summed E-state index contributed by atoms with van der Waals surface area (Å²) in [5.41, 5.74) is 1.08. The number of hydrogen-bond donors (Lipinski definition) is 0. The third-order valence-corrected chi connectivity index (χ3v) is 4.65. The highest BCUT2D eigenvalue weighted by Gasteiger charge is 2.25. The molecule has 0 spiro atoms. The predicted molar refractivity (Wildman–Crippen MR) is 101 cm³/mol. The van der Waals surface area contributed by atoms with Gasteiger partial charge in [-0.15, -0.1) is 0 Å². The van der Waals surface area contributed by atoms with Gasteiger partial charge in [-0.3, -0.25) is 9.69 Å². The Balaban J connectivity index is 1.55. The van der Waals surface area contributed by atoms with Crippen molar-refractivity contribution in [1.29, 1.82) is 0 Å². The van der Waals surface area contributed by atoms with Gasteiger partial charge in [0, 0.05) is 26.7 Å². The lowest BCUT2D eigenvalue weighted by Crippen LogP contribution is -2.49. The van der Waals surface area contributed by atoms with Crippen molar-refractivity contribution in [1.82, 2.24) is 9.80 Å². The predicted octanol–water partition coefficient (Wildman–Crippen LogP) is 3.16. The normalized spacial score (nSPS) is 16.1. The van der Waals surface area contributed by atoms with Crippen molar-refractivity contribution < 1.29 is 14.3 Å². The Morgan fingerprint density at radius 2 is 1.69 bits per heavy atom. The molecule has 2 aromatic rings. The van der Waals surface area contributed by atoms with E-state index in [2.05, 4.69) is 4.90 Å². The maximum atomic E-state index is 12.7. The van der Waals surface area contributed by atoms with Crippen molar-refractivity contribution >= 4 is 5.91 Å². The standard InChI is InChI=1S/C21H26N2O3/c1-17(23-12-14-25-15-13-23)21(24)22(2)16-18-8-10-20(11-9-18)26-19-6-4-3-5-7-19/h3-11,17H,12-16H2,1-2H3. The third kappa shape index (κ3) is 4.84. The molecular weight excluding hydrogens is 328 g/mol. The first kappa shape index (κ1) is 18.4. The number of nitrogens with zero attached hydrogens (tertiary/aromatic N) is 2. The maximum Gasteiger partial charge on any atom is 0.239 e. The van der Waals surface area contributed by atoms with Crippen LogP contribution in [0.25, 0.3) is 0 Å². The van der Waals surface area contributed by atoms with E-state index in [0.29, 0.717) is 19.8 Å². The van der Waals surface area contributed by atoms with E-state index in [-0.39, 0.29) is 11.9 Å². The molecule has 1 unspecified atom stereocenters. The Morgan fingerprint density at radius 1 is 1.08 bits per heavy atom. The van der Waals surface area contributed by atoms with E-state index < -0.39 is 0 Å². The molecule has 5 heteroatoms. The first-order chi connectivity index (χ1) is 12.6. The summed E-state index contributed by atoms with van der Waals surface area (Å²) >= 11 is 0. The highest BCUT2D eigenvalue weighted by atomic mass is 16.5. The van der Waals surface area contributed by atoms with Crippen LogP contribution in [0.4, 0.5) is 0 Å². The van der Waals surface area contributed by atoms with Gasteiger partial charge in [-0.05, 0) is 36.8 Å². The summed E-state index contributed by atoms with van der Waals surface area (Å²) in [5, 5.41) is 0. The van der Waals surface area contributed by atoms with Gasteiger partial charge in [0.05, 0.1) is 19.3 Å². The Kier molecular flexibility index (Phi) is 6.26. The molecule has 1 saturated heterocycles. The number of carbonyl (C=O) groups is 1. The van der Waals surface area contributed by atoms with Crippen LogP contribution >= 0.6 is 0 Å². The van der Waals surface area contributed by atoms with Crippen LogP contribution in [0.3, 0.4) is 0 Å². The fraction of sp³-hybridized carbons (Fsp3) is 0.381. The number of likely N-dealkylation sites (N-methyl/N-ethyl adjacent to an activating group) is 1. The zero-order valence-corrected chi connectivity index (χ0v) is 15.4. The molecule has 0 aliphatic carbocycles. The largest absolute Gasteiger partial charge is 0.457 e. The van der Waals surface area contributed by atoms with Gasteiger partial charge < -0.3 is 14.4 Å². The molecule has 0 radical (unpaired) electrons. The molecule has 5 nitrogen and oxygen atoms in total. The van der Waals surface area contributed by atoms with Crippen molar-refractivity contribution in [3.8, 4) is 11.5 Å². The van der Waals surface area contributed by atoms with Crippen LogP contribution in [0.5, 0.6) is 11.5 Å². The number of hydrogen-bond acceptors (Lipinski definition) is 4. The molecule has 1 atom stereocenters. The summed E-state index contributed by atoms with van der Waals surface area (Å²) in [4.78, 5) is 16.6. The minimum absolute atomic E-state index is 0.121. The zero-order valence-electron chi connectivity index (χ0n) is 15.4. The molecule has 0 aromatic heterocycles. The lowest BCUT2D eigenvalue weighted by atomic mass is 10.1. The Labute approximate surface area is 155 Å². The van der Waals surface area contributed by atoms with Crippen LogP contribution in [0.15, 0.2) is 54.6 Å². The SMILES string of the molecule is CC(C(=O)N(C)Cc1ccc(Oc2ccccc2)cc1)N1CCOCC1. The fourth-order valence-electron chi connectivity index (χ4n) is 3.08. The Bertz CT molecular complexity index is 697. The number of amides is 1. The number of carbonyl (C=O) groups excluding carboxylic acids is 1. The van der Waals surface area contributed by atoms with Crippen LogP contribution in [-0.4, -0.2) is 55.1 Å². The summed E-state index contributed by atoms with van der Waals surface area (Å²) in [6.45, 7) is 5.58. The second-order valence-electron chi connectivity index (χ2n) is 6.58. The lowest BCUT2D eigenvalue weighted by molar-refractivity contribution is -0.137. The molecule has 1 heterocycles. The zero-order chi connectivity index (χ0) is 18.4. The van der Waals surface area contributed by atoms with Gasteiger partial charge >= 0.3 is 0 Å². The number of ether oxygens (including phenoxy) is 2. The van der Waals surface area contributed by atoms with E-state index in [1.54, 1.807) is 4.90 Å². The minimum atomic E-state index is -0.121. The molecule has 3 rings (SSSR count). The van der Waals surface area contributed by atoms with Crippen molar-refractivity contribution in [2.24, 2.45) is 0 Å². The van der Waals surface area contributed by atoms with Gasteiger partial charge in [-0.1, -0.05) is 30.3 Å². The molecule has 26 heavy (non-hydrogen) atoms. The van der Waals surface area contributed by atoms with E-state index in [0.717, 1.165) is 30.2 Å². The second kappa shape index (κ2) is 8.83. The molecule has 1 aliphatic heterocycles. The first-order valence-electron chi connectivity index (χ1n) is 9.02. The number of morpholine rings is 1. The number of benzene rings is 2. The van der Waals surface area contributed by atoms with Crippen molar-refractivity contribution in [3.63, 3.8) is 0 Å². The van der Waals surface area contributed by atoms with E-state index >= 15 is 0 Å². The van der Waals surface area contributed by atoms with Crippen LogP contribution < -0.4 is 4.74 Å². The quantitative estimate of drug-likeness (QED) is 0.799. The van der Waals surface area contributed by atoms with Gasteiger partial charge in [0.1, 0.15) is 11.5 Å². The molecule has 1 aliphatic rings. The first-order valence-corrected chi connectivity index (χ1v) is 9.02. The smallest absolute Gasteiger partial charge is 0.239 e. The topological polar surface area (TPSA) is 42.0 Å². The molecule has 1 fully saturated rings. The Hall–Kier alpha value is -2.37. The average molecular weight is 354 g/mol. The monoisotopic (exact) mass is 354 g/mol. The molecular formula is C21H26N2O3. The average Bonchev–Trinajstić information content (AvgIpc) is 2.70. The van der Waals surface area contributed by atoms with Gasteiger partial charge in [0.15, 0.2) is 0 Å². The number of rotatable bonds is 6. The summed E-state index contributed by atoms with van der Waals surface area (Å²) < 4.78 is 11.2. The van der Waals surface area contributed by atoms with Crippen molar-refractivity contribution in [2.75, 3.05) is 33.4 Å². The molecule has 0 N–H and O–H groups in total. The molecule has 0 saturated carbocycles. The highest BCUT2D eigenvalue weighted by Crippen LogP contribution is 2.21. The van der Waals surface area contributed by atoms with Crippen LogP contribution in [0, 0.1) is 0 Å². The van der Waals surface area contributed by atoms with Gasteiger partial charge in [-0.25, -0.2) is 0 Å². The van der Waals surface area contributed by atoms with Crippen LogP contribution in [0.2, 0.25) is 0 Å². The molecule has 0 bridgehead atoms. The van der Waals surface area contributed by atoms with Crippen molar-refractivity contribution in [3.05, 3.63) is 60.2 Å². The second-order valence-corrected chi connectivity index (χ2v) is 6.58. The minimum Gasteiger partial charge on any atom is -0.457 e. The van der Waals surface area contributed by atoms with E-state index in [1.165, 1.54) is 0 Å². The van der Waals surface area contributed by atoms with Gasteiger partial charge in [0.2, 0.25) is 5.91 Å². The maximum absolute atomic E-state index is 12.7. The van der Waals surface area contributed by atoms with Gasteiger partial charge in [0.25, 0.3) is 0 Å². The summed E-state index contributed by atoms with van der Waals surface area (Å²) in [5.74, 6) is 1.74. The van der Waals surface area contributed by atoms with Crippen LogP contribution in [-0.2, 0) is 16.1 Å². The highest BCUT2D eigenvalue weighted by molar-refractivity contribution is 5.81. The summed E-state index contributed by atoms with van der Waals surface area (Å²) in [7, 11) is 1.85. The van der Waals surface area contributed by atoms with E-state index in [1.807, 2.05) is 68.6 Å². The van der Waals surface area contributed by atoms with E-state index in [4.69, 9.17) is 9.47 Å². The summed E-state index contributed by atoms with van der Waals surface area (Å²) in [6.07, 6.45) is 0. The molecule has 2 aromatic carbocycles.